The van der Waals surface area contributed by atoms with Gasteiger partial charge in [-0.2, -0.15) is 0 Å². The number of hydrogen-bond donors (Lipinski definition) is 3. The lowest BCUT2D eigenvalue weighted by molar-refractivity contribution is 0.199. The SMILES string of the molecule is CCCC(NS(=O)(=O)CCCOC)/C(N)=N/O. The van der Waals surface area contributed by atoms with Crippen molar-refractivity contribution in [1.82, 2.24) is 4.72 Å². The van der Waals surface area contributed by atoms with Crippen molar-refractivity contribution in [1.29, 1.82) is 0 Å². The second kappa shape index (κ2) is 8.26. The van der Waals surface area contributed by atoms with Gasteiger partial charge in [0.15, 0.2) is 5.84 Å². The molecular weight excluding hydrogens is 246 g/mol. The van der Waals surface area contributed by atoms with Gasteiger partial charge in [-0.15, -0.1) is 0 Å². The first kappa shape index (κ1) is 16.1. The first-order chi connectivity index (χ1) is 7.96. The van der Waals surface area contributed by atoms with Crippen molar-refractivity contribution in [3.8, 4) is 0 Å². The lowest BCUT2D eigenvalue weighted by Gasteiger charge is -2.16. The predicted molar refractivity (Wildman–Crippen MR) is 65.5 cm³/mol. The molecule has 0 aliphatic rings. The van der Waals surface area contributed by atoms with Crippen molar-refractivity contribution in [2.45, 2.75) is 32.2 Å². The fourth-order valence-corrected chi connectivity index (χ4v) is 2.58. The summed E-state index contributed by atoms with van der Waals surface area (Å²) in [5, 5.41) is 11.4. The number of nitrogens with two attached hydrogens (primary N) is 1. The van der Waals surface area contributed by atoms with E-state index in [9.17, 15) is 8.42 Å². The quantitative estimate of drug-likeness (QED) is 0.177. The standard InChI is InChI=1S/C9H21N3O4S/c1-3-5-8(9(10)11-13)12-17(14,15)7-4-6-16-2/h8,12-13H,3-7H2,1-2H3,(H2,10,11). The lowest BCUT2D eigenvalue weighted by atomic mass is 10.2. The molecule has 17 heavy (non-hydrogen) atoms. The predicted octanol–water partition coefficient (Wildman–Crippen LogP) is -0.143. The van der Waals surface area contributed by atoms with Gasteiger partial charge in [0.2, 0.25) is 10.0 Å². The zero-order valence-corrected chi connectivity index (χ0v) is 11.0. The Morgan fingerprint density at radius 3 is 2.71 bits per heavy atom. The van der Waals surface area contributed by atoms with Crippen molar-refractivity contribution in [2.75, 3.05) is 19.5 Å². The van der Waals surface area contributed by atoms with Gasteiger partial charge in [-0.1, -0.05) is 18.5 Å². The van der Waals surface area contributed by atoms with Gasteiger partial charge in [0.1, 0.15) is 0 Å². The largest absolute Gasteiger partial charge is 0.409 e. The van der Waals surface area contributed by atoms with Gasteiger partial charge in [-0.25, -0.2) is 13.1 Å². The summed E-state index contributed by atoms with van der Waals surface area (Å²) in [6.45, 7) is 2.26. The highest BCUT2D eigenvalue weighted by atomic mass is 32.2. The maximum atomic E-state index is 11.7. The van der Waals surface area contributed by atoms with E-state index >= 15 is 0 Å². The summed E-state index contributed by atoms with van der Waals surface area (Å²) in [5.74, 6) is -0.165. The molecule has 0 saturated carbocycles. The molecule has 0 radical (unpaired) electrons. The second-order valence-electron chi connectivity index (χ2n) is 3.65. The van der Waals surface area contributed by atoms with E-state index in [4.69, 9.17) is 15.7 Å². The number of methoxy groups -OCH3 is 1. The van der Waals surface area contributed by atoms with Crippen LogP contribution in [0.4, 0.5) is 0 Å². The van der Waals surface area contributed by atoms with Crippen LogP contribution >= 0.6 is 0 Å². The van der Waals surface area contributed by atoms with Crippen LogP contribution in [0, 0.1) is 0 Å². The van der Waals surface area contributed by atoms with Gasteiger partial charge < -0.3 is 15.7 Å². The molecule has 0 aromatic carbocycles. The maximum Gasteiger partial charge on any atom is 0.212 e. The first-order valence-corrected chi connectivity index (χ1v) is 7.08. The van der Waals surface area contributed by atoms with Crippen LogP contribution in [-0.4, -0.2) is 45.0 Å². The maximum absolute atomic E-state index is 11.7. The van der Waals surface area contributed by atoms with E-state index in [0.29, 0.717) is 19.4 Å². The first-order valence-electron chi connectivity index (χ1n) is 5.43. The summed E-state index contributed by atoms with van der Waals surface area (Å²) >= 11 is 0. The molecule has 0 aromatic rings. The Balaban J connectivity index is 4.42. The number of nitrogens with one attached hydrogen (secondary N) is 1. The molecule has 7 nitrogen and oxygen atoms in total. The van der Waals surface area contributed by atoms with E-state index in [1.54, 1.807) is 0 Å². The molecule has 4 N–H and O–H groups in total. The van der Waals surface area contributed by atoms with Crippen LogP contribution in [0.1, 0.15) is 26.2 Å². The number of rotatable bonds is 9. The Kier molecular flexibility index (Phi) is 7.85. The third-order valence-electron chi connectivity index (χ3n) is 2.13. The summed E-state index contributed by atoms with van der Waals surface area (Å²) in [6.07, 6.45) is 1.61. The normalized spacial score (nSPS) is 14.8. The minimum absolute atomic E-state index is 0.0419. The van der Waals surface area contributed by atoms with Crippen molar-refractivity contribution >= 4 is 15.9 Å². The average Bonchev–Trinajstić information content (AvgIpc) is 2.27. The molecule has 0 aliphatic heterocycles. The third-order valence-corrected chi connectivity index (χ3v) is 3.60. The molecule has 8 heteroatoms. The van der Waals surface area contributed by atoms with Crippen LogP contribution in [-0.2, 0) is 14.8 Å². The van der Waals surface area contributed by atoms with Gasteiger partial charge >= 0.3 is 0 Å². The molecule has 0 heterocycles. The highest BCUT2D eigenvalue weighted by Gasteiger charge is 2.20. The van der Waals surface area contributed by atoms with E-state index in [-0.39, 0.29) is 11.6 Å². The van der Waals surface area contributed by atoms with Crippen molar-refractivity contribution in [2.24, 2.45) is 10.9 Å². The molecule has 1 unspecified atom stereocenters. The summed E-state index contributed by atoms with van der Waals surface area (Å²) in [6, 6.07) is -0.655. The number of amidine groups is 1. The third kappa shape index (κ3) is 7.14. The molecule has 0 spiro atoms. The highest BCUT2D eigenvalue weighted by Crippen LogP contribution is 2.01. The Morgan fingerprint density at radius 1 is 1.59 bits per heavy atom. The summed E-state index contributed by atoms with van der Waals surface area (Å²) < 4.78 is 30.5. The Labute approximate surface area is 102 Å². The van der Waals surface area contributed by atoms with E-state index < -0.39 is 16.1 Å². The molecule has 0 aliphatic carbocycles. The van der Waals surface area contributed by atoms with Crippen LogP contribution in [0.5, 0.6) is 0 Å². The smallest absolute Gasteiger partial charge is 0.212 e. The van der Waals surface area contributed by atoms with E-state index in [1.807, 2.05) is 6.92 Å². The molecule has 0 fully saturated rings. The Bertz CT molecular complexity index is 329. The van der Waals surface area contributed by atoms with E-state index in [2.05, 4.69) is 9.88 Å². The fourth-order valence-electron chi connectivity index (χ4n) is 1.29. The number of oxime groups is 1. The topological polar surface area (TPSA) is 114 Å². The van der Waals surface area contributed by atoms with Crippen LogP contribution in [0.2, 0.25) is 0 Å². The van der Waals surface area contributed by atoms with Gasteiger partial charge in [-0.3, -0.25) is 0 Å². The van der Waals surface area contributed by atoms with E-state index in [1.165, 1.54) is 7.11 Å². The average molecular weight is 267 g/mol. The number of ether oxygens (including phenoxy) is 1. The zero-order chi connectivity index (χ0) is 13.3. The summed E-state index contributed by atoms with van der Waals surface area (Å²) in [5.41, 5.74) is 5.41. The molecule has 0 saturated heterocycles. The van der Waals surface area contributed by atoms with Gasteiger partial charge in [-0.05, 0) is 12.8 Å². The lowest BCUT2D eigenvalue weighted by Crippen LogP contribution is -2.45. The summed E-state index contributed by atoms with van der Waals surface area (Å²) in [4.78, 5) is 0. The molecule has 0 rings (SSSR count). The van der Waals surface area contributed by atoms with Crippen LogP contribution in [0.25, 0.3) is 0 Å². The molecular formula is C9H21N3O4S. The van der Waals surface area contributed by atoms with Crippen molar-refractivity contribution in [3.05, 3.63) is 0 Å². The molecule has 0 amide bonds. The van der Waals surface area contributed by atoms with Crippen molar-refractivity contribution in [3.63, 3.8) is 0 Å². The van der Waals surface area contributed by atoms with Gasteiger partial charge in [0.05, 0.1) is 11.8 Å². The number of sulfonamides is 1. The van der Waals surface area contributed by atoms with Crippen LogP contribution in [0.15, 0.2) is 5.16 Å². The Hall–Kier alpha value is -0.860. The number of hydrogen-bond acceptors (Lipinski definition) is 5. The van der Waals surface area contributed by atoms with Gasteiger partial charge in [0, 0.05) is 13.7 Å². The molecule has 102 valence electrons. The molecule has 1 atom stereocenters. The zero-order valence-electron chi connectivity index (χ0n) is 10.2. The van der Waals surface area contributed by atoms with Crippen LogP contribution in [0.3, 0.4) is 0 Å². The van der Waals surface area contributed by atoms with E-state index in [0.717, 1.165) is 6.42 Å². The second-order valence-corrected chi connectivity index (χ2v) is 5.52. The van der Waals surface area contributed by atoms with Gasteiger partial charge in [0.25, 0.3) is 0 Å². The van der Waals surface area contributed by atoms with Crippen LogP contribution < -0.4 is 10.5 Å². The molecule has 0 bridgehead atoms. The summed E-state index contributed by atoms with van der Waals surface area (Å²) in [7, 11) is -1.92. The molecule has 0 aromatic heterocycles. The van der Waals surface area contributed by atoms with Crippen molar-refractivity contribution < 1.29 is 18.4 Å². The fraction of sp³-hybridized carbons (Fsp3) is 0.889. The minimum atomic E-state index is -3.43. The monoisotopic (exact) mass is 267 g/mol. The Morgan fingerprint density at radius 2 is 2.24 bits per heavy atom. The highest BCUT2D eigenvalue weighted by molar-refractivity contribution is 7.89. The minimum Gasteiger partial charge on any atom is -0.409 e. The number of nitrogens with zero attached hydrogens (tertiary/aromatic N) is 1.